The van der Waals surface area contributed by atoms with Gasteiger partial charge in [-0.2, -0.15) is 4.99 Å². The predicted octanol–water partition coefficient (Wildman–Crippen LogP) is 2.17. The van der Waals surface area contributed by atoms with Gasteiger partial charge in [0, 0.05) is 12.3 Å². The number of rotatable bonds is 6. The molecule has 4 N–H and O–H groups in total. The van der Waals surface area contributed by atoms with Gasteiger partial charge in [-0.15, -0.1) is 11.3 Å². The molecule has 0 saturated carbocycles. The zero-order valence-corrected chi connectivity index (χ0v) is 14.9. The number of hydrogen-bond donors (Lipinski definition) is 3. The fourth-order valence-electron chi connectivity index (χ4n) is 2.10. The molecule has 26 heavy (non-hydrogen) atoms. The highest BCUT2D eigenvalue weighted by atomic mass is 32.1. The van der Waals surface area contributed by atoms with E-state index in [0.29, 0.717) is 29.6 Å². The molecule has 8 nitrogen and oxygen atoms in total. The Morgan fingerprint density at radius 3 is 2.85 bits per heavy atom. The van der Waals surface area contributed by atoms with Gasteiger partial charge in [-0.25, -0.2) is 9.97 Å². The first-order valence-corrected chi connectivity index (χ1v) is 8.75. The molecule has 0 unspecified atom stereocenters. The number of carbonyl (C=O) groups is 1. The molecular weight excluding hydrogens is 352 g/mol. The van der Waals surface area contributed by atoms with Gasteiger partial charge in [-0.1, -0.05) is 6.07 Å². The predicted molar refractivity (Wildman–Crippen MR) is 99.7 cm³/mol. The first kappa shape index (κ1) is 17.6. The summed E-state index contributed by atoms with van der Waals surface area (Å²) in [6.45, 7) is 2.30. The Morgan fingerprint density at radius 1 is 1.19 bits per heavy atom. The molecule has 0 aliphatic carbocycles. The van der Waals surface area contributed by atoms with Gasteiger partial charge >= 0.3 is 0 Å². The number of carbonyl (C=O) groups excluding carboxylic acids is 1. The van der Waals surface area contributed by atoms with E-state index < -0.39 is 0 Å². The molecule has 3 heterocycles. The second-order valence-electron chi connectivity index (χ2n) is 5.37. The number of aromatic nitrogens is 2. The van der Waals surface area contributed by atoms with Crippen LogP contribution in [0.3, 0.4) is 0 Å². The third-order valence-corrected chi connectivity index (χ3v) is 4.05. The van der Waals surface area contributed by atoms with Crippen molar-refractivity contribution in [2.24, 2.45) is 10.7 Å². The minimum absolute atomic E-state index is 0.0972. The van der Waals surface area contributed by atoms with Crippen molar-refractivity contribution in [3.8, 4) is 11.4 Å². The lowest BCUT2D eigenvalue weighted by Gasteiger charge is -2.03. The number of hydrogen-bond acceptors (Lipinski definition) is 6. The van der Waals surface area contributed by atoms with E-state index in [4.69, 9.17) is 10.2 Å². The molecule has 3 aromatic rings. The molecule has 0 saturated heterocycles. The fourth-order valence-corrected chi connectivity index (χ4v) is 2.79. The fraction of sp³-hybridized carbons (Fsp3) is 0.176. The molecule has 1 amide bonds. The number of guanidine groups is 1. The van der Waals surface area contributed by atoms with Crippen molar-refractivity contribution >= 4 is 28.3 Å². The van der Waals surface area contributed by atoms with Crippen LogP contribution in [0, 0.1) is 0 Å². The molecule has 3 rings (SSSR count). The number of furan rings is 1. The Labute approximate surface area is 154 Å². The highest BCUT2D eigenvalue weighted by Gasteiger charge is 2.07. The van der Waals surface area contributed by atoms with Crippen LogP contribution >= 0.6 is 11.3 Å². The van der Waals surface area contributed by atoms with E-state index in [-0.39, 0.29) is 11.9 Å². The van der Waals surface area contributed by atoms with Crippen LogP contribution in [-0.4, -0.2) is 21.8 Å². The van der Waals surface area contributed by atoms with Crippen LogP contribution in [0.4, 0.5) is 5.13 Å². The van der Waals surface area contributed by atoms with Crippen molar-refractivity contribution in [3.05, 3.63) is 53.4 Å². The molecule has 0 spiro atoms. The summed E-state index contributed by atoms with van der Waals surface area (Å²) in [5, 5.41) is 8.08. The summed E-state index contributed by atoms with van der Waals surface area (Å²) in [4.78, 5) is 24.2. The van der Waals surface area contributed by atoms with Crippen LogP contribution in [0.25, 0.3) is 11.4 Å². The molecule has 0 atom stereocenters. The van der Waals surface area contributed by atoms with Crippen LogP contribution < -0.4 is 16.4 Å². The monoisotopic (exact) mass is 370 g/mol. The third-order valence-electron chi connectivity index (χ3n) is 3.32. The van der Waals surface area contributed by atoms with E-state index in [2.05, 4.69) is 25.6 Å². The minimum Gasteiger partial charge on any atom is -0.467 e. The first-order valence-electron chi connectivity index (χ1n) is 7.87. The van der Waals surface area contributed by atoms with E-state index in [1.54, 1.807) is 6.26 Å². The Kier molecular flexibility index (Phi) is 5.59. The molecule has 134 valence electrons. The van der Waals surface area contributed by atoms with E-state index in [1.807, 2.05) is 35.7 Å². The molecule has 0 fully saturated rings. The van der Waals surface area contributed by atoms with E-state index >= 15 is 0 Å². The average Bonchev–Trinajstić information content (AvgIpc) is 3.30. The maximum Gasteiger partial charge on any atom is 0.217 e. The van der Waals surface area contributed by atoms with E-state index in [0.717, 1.165) is 11.5 Å². The Hall–Kier alpha value is -3.20. The lowest BCUT2D eigenvalue weighted by atomic mass is 10.2. The normalized spacial score (nSPS) is 11.3. The van der Waals surface area contributed by atoms with Crippen molar-refractivity contribution in [2.45, 2.75) is 20.0 Å². The van der Waals surface area contributed by atoms with E-state index in [1.165, 1.54) is 18.3 Å². The Balaban J connectivity index is 1.66. The summed E-state index contributed by atoms with van der Waals surface area (Å²) < 4.78 is 5.22. The second-order valence-corrected chi connectivity index (χ2v) is 6.21. The summed E-state index contributed by atoms with van der Waals surface area (Å²) in [5.41, 5.74) is 8.05. The summed E-state index contributed by atoms with van der Waals surface area (Å²) in [6, 6.07) is 9.24. The smallest absolute Gasteiger partial charge is 0.217 e. The van der Waals surface area contributed by atoms with Crippen LogP contribution in [0.5, 0.6) is 0 Å². The summed E-state index contributed by atoms with van der Waals surface area (Å²) in [5.74, 6) is 0.929. The lowest BCUT2D eigenvalue weighted by molar-refractivity contribution is -0.119. The van der Waals surface area contributed by atoms with Gasteiger partial charge in [0.15, 0.2) is 5.96 Å². The zero-order chi connectivity index (χ0) is 18.4. The molecular formula is C17H18N6O2S. The first-order chi connectivity index (χ1) is 12.6. The largest absolute Gasteiger partial charge is 0.467 e. The summed E-state index contributed by atoms with van der Waals surface area (Å²) in [7, 11) is 0. The number of amides is 1. The molecule has 0 bridgehead atoms. The van der Waals surface area contributed by atoms with Gasteiger partial charge < -0.3 is 20.8 Å². The maximum absolute atomic E-state index is 11.0. The summed E-state index contributed by atoms with van der Waals surface area (Å²) >= 11 is 1.37. The number of nitrogens with two attached hydrogens (primary N) is 1. The average molecular weight is 370 g/mol. The van der Waals surface area contributed by atoms with Crippen molar-refractivity contribution in [3.63, 3.8) is 0 Å². The van der Waals surface area contributed by atoms with Crippen molar-refractivity contribution in [1.82, 2.24) is 20.6 Å². The van der Waals surface area contributed by atoms with Crippen molar-refractivity contribution in [1.29, 1.82) is 0 Å². The molecule has 0 radical (unpaired) electrons. The molecule has 9 heteroatoms. The minimum atomic E-state index is -0.0972. The van der Waals surface area contributed by atoms with Crippen LogP contribution in [0.15, 0.2) is 51.4 Å². The number of nitrogens with one attached hydrogen (secondary N) is 2. The molecule has 0 aromatic carbocycles. The van der Waals surface area contributed by atoms with Crippen molar-refractivity contribution < 1.29 is 9.21 Å². The van der Waals surface area contributed by atoms with Crippen molar-refractivity contribution in [2.75, 3.05) is 0 Å². The Bertz CT molecular complexity index is 904. The number of aliphatic imine (C=N–C) groups is 1. The van der Waals surface area contributed by atoms with Gasteiger partial charge in [0.05, 0.1) is 30.7 Å². The number of nitrogens with zero attached hydrogens (tertiary/aromatic N) is 3. The van der Waals surface area contributed by atoms with Gasteiger partial charge in [-0.05, 0) is 24.3 Å². The van der Waals surface area contributed by atoms with Crippen LogP contribution in [0.1, 0.15) is 18.4 Å². The standard InChI is InChI=1S/C17H18N6O2S/c1-11(24)19-8-12-4-2-6-14(21-12)15-10-26-17(22-15)23-16(18)20-9-13-5-3-7-25-13/h2-7,10H,8-9H2,1H3,(H,19,24)(H3,18,20,22,23). The maximum atomic E-state index is 11.0. The number of pyridine rings is 1. The van der Waals surface area contributed by atoms with Crippen LogP contribution in [0.2, 0.25) is 0 Å². The van der Waals surface area contributed by atoms with Gasteiger partial charge in [0.2, 0.25) is 11.0 Å². The highest BCUT2D eigenvalue weighted by Crippen LogP contribution is 2.25. The lowest BCUT2D eigenvalue weighted by Crippen LogP contribution is -2.30. The quantitative estimate of drug-likeness (QED) is 0.452. The van der Waals surface area contributed by atoms with Crippen LogP contribution in [-0.2, 0) is 17.9 Å². The molecule has 3 aromatic heterocycles. The zero-order valence-electron chi connectivity index (χ0n) is 14.1. The van der Waals surface area contributed by atoms with Gasteiger partial charge in [0.1, 0.15) is 11.5 Å². The SMILES string of the molecule is CC(=O)NCc1cccc(-c2csc(/N=C(\N)NCc3ccco3)n2)n1. The second kappa shape index (κ2) is 8.26. The molecule has 0 aliphatic heterocycles. The number of thiazole rings is 1. The van der Waals surface area contributed by atoms with Gasteiger partial charge in [-0.3, -0.25) is 4.79 Å². The third kappa shape index (κ3) is 4.90. The highest BCUT2D eigenvalue weighted by molar-refractivity contribution is 7.13. The van der Waals surface area contributed by atoms with Gasteiger partial charge in [0.25, 0.3) is 0 Å². The summed E-state index contributed by atoms with van der Waals surface area (Å²) in [6.07, 6.45) is 1.60. The Morgan fingerprint density at radius 2 is 2.08 bits per heavy atom. The van der Waals surface area contributed by atoms with E-state index in [9.17, 15) is 4.79 Å². The molecule has 0 aliphatic rings. The topological polar surface area (TPSA) is 118 Å².